The molecule has 21 heavy (non-hydrogen) atoms. The highest BCUT2D eigenvalue weighted by Gasteiger charge is 2.09. The molecule has 6 heteroatoms. The number of hydrogen-bond donors (Lipinski definition) is 0. The molecule has 0 saturated carbocycles. The van der Waals surface area contributed by atoms with Crippen molar-refractivity contribution >= 4 is 28.6 Å². The third-order valence-corrected chi connectivity index (χ3v) is 3.40. The second-order valence-corrected chi connectivity index (χ2v) is 5.41. The summed E-state index contributed by atoms with van der Waals surface area (Å²) in [5, 5.41) is 7.42. The minimum atomic E-state index is -0.390. The van der Waals surface area contributed by atoms with E-state index in [9.17, 15) is 4.79 Å². The Hall–Kier alpha value is -2.22. The van der Waals surface area contributed by atoms with Gasteiger partial charge in [0.1, 0.15) is 5.75 Å². The van der Waals surface area contributed by atoms with E-state index in [-0.39, 0.29) is 5.97 Å². The van der Waals surface area contributed by atoms with Crippen molar-refractivity contribution < 1.29 is 13.9 Å². The molecule has 0 radical (unpaired) electrons. The van der Waals surface area contributed by atoms with E-state index in [0.29, 0.717) is 17.2 Å². The summed E-state index contributed by atoms with van der Waals surface area (Å²) >= 11 is 2.15. The number of ether oxygens (including phenoxy) is 1. The molecule has 1 aromatic heterocycles. The van der Waals surface area contributed by atoms with Gasteiger partial charge >= 0.3 is 5.97 Å². The molecule has 0 amide bonds. The standard InChI is InChI=1S/C15H9IN2O3/c16-12-3-1-2-11(8-12)15(19)21-13-6-4-10(5-7-13)14-18-17-9-20-14/h1-9H. The maximum absolute atomic E-state index is 12.0. The normalized spacial score (nSPS) is 10.3. The van der Waals surface area contributed by atoms with Crippen molar-refractivity contribution in [3.63, 3.8) is 0 Å². The first kappa shape index (κ1) is 13.7. The zero-order valence-corrected chi connectivity index (χ0v) is 12.9. The molecule has 0 atom stereocenters. The number of benzene rings is 2. The molecule has 3 aromatic rings. The Morgan fingerprint density at radius 1 is 1.14 bits per heavy atom. The van der Waals surface area contributed by atoms with Crippen LogP contribution in [0.5, 0.6) is 5.75 Å². The molecule has 0 aliphatic carbocycles. The lowest BCUT2D eigenvalue weighted by Gasteiger charge is -2.05. The molecule has 104 valence electrons. The number of esters is 1. The summed E-state index contributed by atoms with van der Waals surface area (Å²) in [5.74, 6) is 0.492. The third-order valence-electron chi connectivity index (χ3n) is 2.73. The largest absolute Gasteiger partial charge is 0.423 e. The van der Waals surface area contributed by atoms with Crippen LogP contribution in [0.4, 0.5) is 0 Å². The molecule has 0 aliphatic heterocycles. The summed E-state index contributed by atoms with van der Waals surface area (Å²) in [5.41, 5.74) is 1.28. The van der Waals surface area contributed by atoms with E-state index in [4.69, 9.17) is 9.15 Å². The van der Waals surface area contributed by atoms with Crippen molar-refractivity contribution in [1.82, 2.24) is 10.2 Å². The van der Waals surface area contributed by atoms with E-state index in [1.165, 1.54) is 6.39 Å². The first-order valence-electron chi connectivity index (χ1n) is 6.07. The van der Waals surface area contributed by atoms with Crippen LogP contribution in [0.3, 0.4) is 0 Å². The number of carbonyl (C=O) groups excluding carboxylic acids is 1. The lowest BCUT2D eigenvalue weighted by atomic mass is 10.2. The van der Waals surface area contributed by atoms with Crippen LogP contribution >= 0.6 is 22.6 Å². The van der Waals surface area contributed by atoms with Gasteiger partial charge in [-0.25, -0.2) is 4.79 Å². The molecule has 3 rings (SSSR count). The number of carbonyl (C=O) groups is 1. The molecule has 0 spiro atoms. The maximum atomic E-state index is 12.0. The van der Waals surface area contributed by atoms with Gasteiger partial charge < -0.3 is 9.15 Å². The minimum absolute atomic E-state index is 0.390. The molecule has 0 aliphatic rings. The smallest absolute Gasteiger partial charge is 0.343 e. The predicted octanol–water partition coefficient (Wildman–Crippen LogP) is 3.56. The van der Waals surface area contributed by atoms with Gasteiger partial charge in [-0.05, 0) is 65.1 Å². The first-order chi connectivity index (χ1) is 10.2. The Labute approximate surface area is 134 Å². The highest BCUT2D eigenvalue weighted by atomic mass is 127. The van der Waals surface area contributed by atoms with Gasteiger partial charge in [-0.15, -0.1) is 10.2 Å². The van der Waals surface area contributed by atoms with Gasteiger partial charge in [0.2, 0.25) is 12.3 Å². The Balaban J connectivity index is 1.75. The number of hydrogen-bond acceptors (Lipinski definition) is 5. The lowest BCUT2D eigenvalue weighted by molar-refractivity contribution is 0.0734. The monoisotopic (exact) mass is 392 g/mol. The minimum Gasteiger partial charge on any atom is -0.423 e. The van der Waals surface area contributed by atoms with Crippen LogP contribution < -0.4 is 4.74 Å². The fraction of sp³-hybridized carbons (Fsp3) is 0. The second-order valence-electron chi connectivity index (χ2n) is 4.17. The Morgan fingerprint density at radius 3 is 2.62 bits per heavy atom. The molecular weight excluding hydrogens is 383 g/mol. The molecule has 0 saturated heterocycles. The van der Waals surface area contributed by atoms with Crippen LogP contribution in [0.2, 0.25) is 0 Å². The summed E-state index contributed by atoms with van der Waals surface area (Å²) < 4.78 is 11.4. The van der Waals surface area contributed by atoms with Crippen LogP contribution in [-0.4, -0.2) is 16.2 Å². The third kappa shape index (κ3) is 3.27. The van der Waals surface area contributed by atoms with Crippen molar-refractivity contribution in [2.24, 2.45) is 0 Å². The van der Waals surface area contributed by atoms with Crippen molar-refractivity contribution in [3.05, 3.63) is 64.1 Å². The second kappa shape index (κ2) is 6.04. The molecule has 0 unspecified atom stereocenters. The summed E-state index contributed by atoms with van der Waals surface area (Å²) in [7, 11) is 0. The number of nitrogens with zero attached hydrogens (tertiary/aromatic N) is 2. The topological polar surface area (TPSA) is 65.2 Å². The lowest BCUT2D eigenvalue weighted by Crippen LogP contribution is -2.08. The van der Waals surface area contributed by atoms with E-state index < -0.39 is 0 Å². The first-order valence-corrected chi connectivity index (χ1v) is 7.14. The SMILES string of the molecule is O=C(Oc1ccc(-c2nnco2)cc1)c1cccc(I)c1. The Bertz CT molecular complexity index is 755. The van der Waals surface area contributed by atoms with Crippen LogP contribution in [0.15, 0.2) is 59.3 Å². The van der Waals surface area contributed by atoms with Crippen molar-refractivity contribution in [2.75, 3.05) is 0 Å². The van der Waals surface area contributed by atoms with Crippen LogP contribution in [-0.2, 0) is 0 Å². The van der Waals surface area contributed by atoms with Crippen molar-refractivity contribution in [3.8, 4) is 17.2 Å². The number of aromatic nitrogens is 2. The Kier molecular flexibility index (Phi) is 3.96. The van der Waals surface area contributed by atoms with E-state index in [1.807, 2.05) is 12.1 Å². The quantitative estimate of drug-likeness (QED) is 0.388. The number of halogens is 1. The average Bonchev–Trinajstić information content (AvgIpc) is 3.02. The predicted molar refractivity (Wildman–Crippen MR) is 83.9 cm³/mol. The van der Waals surface area contributed by atoms with Gasteiger partial charge in [-0.3, -0.25) is 0 Å². The summed E-state index contributed by atoms with van der Waals surface area (Å²) in [4.78, 5) is 12.0. The molecule has 1 heterocycles. The van der Waals surface area contributed by atoms with Gasteiger partial charge in [0.15, 0.2) is 0 Å². The van der Waals surface area contributed by atoms with Gasteiger partial charge in [-0.1, -0.05) is 6.07 Å². The zero-order chi connectivity index (χ0) is 14.7. The van der Waals surface area contributed by atoms with Crippen LogP contribution in [0.25, 0.3) is 11.5 Å². The Morgan fingerprint density at radius 2 is 1.95 bits per heavy atom. The van der Waals surface area contributed by atoms with Gasteiger partial charge in [-0.2, -0.15) is 0 Å². The molecule has 0 bridgehead atoms. The highest BCUT2D eigenvalue weighted by Crippen LogP contribution is 2.21. The van der Waals surface area contributed by atoms with Gasteiger partial charge in [0, 0.05) is 9.13 Å². The van der Waals surface area contributed by atoms with E-state index >= 15 is 0 Å². The maximum Gasteiger partial charge on any atom is 0.343 e. The van der Waals surface area contributed by atoms with Crippen LogP contribution in [0, 0.1) is 3.57 Å². The fourth-order valence-corrected chi connectivity index (χ4v) is 2.29. The molecule has 0 fully saturated rings. The zero-order valence-electron chi connectivity index (χ0n) is 10.7. The summed E-state index contributed by atoms with van der Waals surface area (Å²) in [6.45, 7) is 0. The van der Waals surface area contributed by atoms with Gasteiger partial charge in [0.25, 0.3) is 0 Å². The fourth-order valence-electron chi connectivity index (χ4n) is 1.75. The van der Waals surface area contributed by atoms with Crippen molar-refractivity contribution in [1.29, 1.82) is 0 Å². The van der Waals surface area contributed by atoms with E-state index in [2.05, 4.69) is 32.8 Å². The van der Waals surface area contributed by atoms with Gasteiger partial charge in [0.05, 0.1) is 5.56 Å². The van der Waals surface area contributed by atoms with Crippen LogP contribution in [0.1, 0.15) is 10.4 Å². The van der Waals surface area contributed by atoms with E-state index in [1.54, 1.807) is 36.4 Å². The molecule has 5 nitrogen and oxygen atoms in total. The molecule has 2 aromatic carbocycles. The van der Waals surface area contributed by atoms with E-state index in [0.717, 1.165) is 9.13 Å². The number of rotatable bonds is 3. The molecule has 0 N–H and O–H groups in total. The highest BCUT2D eigenvalue weighted by molar-refractivity contribution is 14.1. The van der Waals surface area contributed by atoms with Crippen molar-refractivity contribution in [2.45, 2.75) is 0 Å². The molecular formula is C15H9IN2O3. The summed E-state index contributed by atoms with van der Waals surface area (Å²) in [6, 6.07) is 14.1. The average molecular weight is 392 g/mol. The summed E-state index contributed by atoms with van der Waals surface area (Å²) in [6.07, 6.45) is 1.26.